The first-order valence-corrected chi connectivity index (χ1v) is 29.1. The number of ether oxygens (including phenoxy) is 3. The van der Waals surface area contributed by atoms with Gasteiger partial charge in [0.2, 0.25) is 0 Å². The second-order valence-corrected chi connectivity index (χ2v) is 21.7. The Hall–Kier alpha value is -3.32. The summed E-state index contributed by atoms with van der Waals surface area (Å²) in [5.74, 6) is -0.602. The largest absolute Gasteiger partial charge is 0.481 e. The van der Waals surface area contributed by atoms with Gasteiger partial charge in [0.15, 0.2) is 12.3 Å². The van der Waals surface area contributed by atoms with Crippen LogP contribution in [0, 0.1) is 5.92 Å². The summed E-state index contributed by atoms with van der Waals surface area (Å²) in [4.78, 5) is 61.9. The molecular weight excluding hydrogens is 973 g/mol. The Morgan fingerprint density at radius 1 is 0.750 bits per heavy atom. The number of unbranched alkanes of at least 4 members (excludes halogenated alkanes) is 13. The van der Waals surface area contributed by atoms with Crippen LogP contribution < -0.4 is 11.4 Å². The fourth-order valence-corrected chi connectivity index (χ4v) is 9.73. The second-order valence-electron chi connectivity index (χ2n) is 18.7. The summed E-state index contributed by atoms with van der Waals surface area (Å²) >= 11 is 0. The summed E-state index contributed by atoms with van der Waals surface area (Å²) in [6.07, 6.45) is 31.2. The minimum Gasteiger partial charge on any atom is -0.462 e. The van der Waals surface area contributed by atoms with Crippen molar-refractivity contribution in [2.75, 3.05) is 25.6 Å². The van der Waals surface area contributed by atoms with E-state index in [2.05, 4.69) is 41.4 Å². The molecule has 2 heterocycles. The number of phosphoric ester groups is 2. The number of rotatable bonds is 42. The average molecular weight is 1060 g/mol. The van der Waals surface area contributed by atoms with Gasteiger partial charge in [0.1, 0.15) is 30.7 Å². The molecule has 1 aromatic rings. The van der Waals surface area contributed by atoms with Gasteiger partial charge in [0, 0.05) is 19.0 Å². The summed E-state index contributed by atoms with van der Waals surface area (Å²) in [6, 6.07) is 1.24. The number of hydrogen-bond donors (Lipinski definition) is 6. The van der Waals surface area contributed by atoms with Crippen LogP contribution in [0.5, 0.6) is 0 Å². The summed E-state index contributed by atoms with van der Waals surface area (Å²) in [7, 11) is -10.9. The molecule has 21 heteroatoms. The summed E-state index contributed by atoms with van der Waals surface area (Å²) < 4.78 is 56.7. The van der Waals surface area contributed by atoms with Crippen LogP contribution in [0.15, 0.2) is 65.7 Å². The number of nitrogens with zero attached hydrogens (tertiary/aromatic N) is 2. The molecule has 1 saturated heterocycles. The van der Waals surface area contributed by atoms with E-state index >= 15 is 0 Å². The van der Waals surface area contributed by atoms with E-state index in [4.69, 9.17) is 29.0 Å². The third-order valence-electron chi connectivity index (χ3n) is 11.7. The molecule has 0 bridgehead atoms. The van der Waals surface area contributed by atoms with E-state index in [0.29, 0.717) is 32.1 Å². The molecule has 1 aliphatic heterocycles. The van der Waals surface area contributed by atoms with Gasteiger partial charge >= 0.3 is 33.3 Å². The fraction of sp³-hybridized carbons (Fsp3) is 0.725. The molecule has 0 radical (unpaired) electrons. The Morgan fingerprint density at radius 3 is 1.88 bits per heavy atom. The van der Waals surface area contributed by atoms with Gasteiger partial charge in [-0.25, -0.2) is 13.9 Å². The highest BCUT2D eigenvalue weighted by Crippen LogP contribution is 2.60. The number of carbonyl (C=O) groups excluding carboxylic acids is 2. The lowest BCUT2D eigenvalue weighted by molar-refractivity contribution is -0.161. The molecule has 72 heavy (non-hydrogen) atoms. The summed E-state index contributed by atoms with van der Waals surface area (Å²) in [5, 5.41) is 30.7. The first kappa shape index (κ1) is 64.8. The number of aromatic nitrogens is 2. The van der Waals surface area contributed by atoms with Crippen LogP contribution in [-0.2, 0) is 46.3 Å². The van der Waals surface area contributed by atoms with Gasteiger partial charge in [-0.15, -0.1) is 0 Å². The number of hydrogen-bond acceptors (Lipinski definition) is 16. The maximum atomic E-state index is 12.9. The molecule has 7 N–H and O–H groups in total. The molecule has 0 saturated carbocycles. The molecule has 1 fully saturated rings. The van der Waals surface area contributed by atoms with Crippen molar-refractivity contribution >= 4 is 33.4 Å². The molecule has 8 atom stereocenters. The van der Waals surface area contributed by atoms with E-state index in [0.717, 1.165) is 68.0 Å². The first-order valence-electron chi connectivity index (χ1n) is 26.1. The third kappa shape index (κ3) is 31.4. The van der Waals surface area contributed by atoms with Gasteiger partial charge in [-0.3, -0.25) is 23.2 Å². The van der Waals surface area contributed by atoms with Crippen LogP contribution in [-0.4, -0.2) is 96.9 Å². The number of anilines is 1. The van der Waals surface area contributed by atoms with E-state index in [1.54, 1.807) is 0 Å². The highest BCUT2D eigenvalue weighted by atomic mass is 31.3. The van der Waals surface area contributed by atoms with Crippen LogP contribution in [0.25, 0.3) is 0 Å². The molecular formula is C51H87N3O16P2. The Balaban J connectivity index is 1.82. The number of phosphoric acid groups is 2. The summed E-state index contributed by atoms with van der Waals surface area (Å²) in [5.41, 5.74) is 4.58. The van der Waals surface area contributed by atoms with E-state index in [1.807, 2.05) is 37.3 Å². The van der Waals surface area contributed by atoms with E-state index in [9.17, 15) is 48.6 Å². The van der Waals surface area contributed by atoms with Crippen molar-refractivity contribution in [3.8, 4) is 0 Å². The standard InChI is InChI=1S/C51H87N3O16P2/c1-4-31-42(55)33-28-24-20-16-12-8-6-10-14-18-22-26-30-35-47(57)68-43(38-65-46(56)34-29-25-21-17-13-9-5-7-11-15-19-23-27-32-41(2)3)39-66-71(61,62)70-72(63,64)67-40-44-48(58)49(59)50(69-44)54-37-36-45(52)53-51(54)60/h6,10,12,16,18,22,24,28,36-37,41-44,48-50,55,58-59H,4-5,7-9,11,13-15,17,19-21,23,25-27,29-35,38-40H2,1-3H3,(H,61,62)(H,63,64)(H2,52,53,60)/b10-6-,16-12-,22-18-,28-24-/t42?,43-,44-,48-,49-,50-/m1/s1. The maximum Gasteiger partial charge on any atom is 0.481 e. The number of esters is 2. The van der Waals surface area contributed by atoms with Gasteiger partial charge < -0.3 is 45.1 Å². The smallest absolute Gasteiger partial charge is 0.462 e. The van der Waals surface area contributed by atoms with Crippen LogP contribution in [0.2, 0.25) is 0 Å². The molecule has 0 aromatic carbocycles. The number of aliphatic hydroxyl groups excluding tert-OH is 3. The van der Waals surface area contributed by atoms with Gasteiger partial charge in [0.05, 0.1) is 19.3 Å². The number of allylic oxidation sites excluding steroid dienone is 7. The molecule has 2 rings (SSSR count). The fourth-order valence-electron chi connectivity index (χ4n) is 7.62. The SMILES string of the molecule is CCCC(O)C/C=C\C/C=C\C/C=C\C/C=C\CCCC(=O)O[C@H](COC(=O)CCCCCCCCCCCCCCCC(C)C)COP(=O)(O)OP(=O)(O)OC[C@H]1O[C@@H](n2ccc(N)nc2=O)[C@H](O)[C@@H]1O. The normalized spacial score (nSPS) is 20.0. The zero-order chi connectivity index (χ0) is 53.0. The van der Waals surface area contributed by atoms with Crippen molar-refractivity contribution in [3.05, 3.63) is 71.4 Å². The Labute approximate surface area is 427 Å². The van der Waals surface area contributed by atoms with Crippen molar-refractivity contribution in [3.63, 3.8) is 0 Å². The molecule has 0 amide bonds. The zero-order valence-electron chi connectivity index (χ0n) is 43.0. The monoisotopic (exact) mass is 1060 g/mol. The lowest BCUT2D eigenvalue weighted by atomic mass is 10.0. The second kappa shape index (κ2) is 38.3. The van der Waals surface area contributed by atoms with Crippen LogP contribution >= 0.6 is 15.6 Å². The Morgan fingerprint density at radius 2 is 1.29 bits per heavy atom. The van der Waals surface area contributed by atoms with E-state index in [-0.39, 0.29) is 24.8 Å². The predicted molar refractivity (Wildman–Crippen MR) is 276 cm³/mol. The molecule has 1 aromatic heterocycles. The minimum absolute atomic E-state index is 0.0406. The zero-order valence-corrected chi connectivity index (χ0v) is 44.8. The molecule has 3 unspecified atom stereocenters. The van der Waals surface area contributed by atoms with E-state index in [1.165, 1.54) is 63.9 Å². The van der Waals surface area contributed by atoms with Crippen molar-refractivity contribution < 1.29 is 71.4 Å². The molecule has 1 aliphatic rings. The van der Waals surface area contributed by atoms with Crippen LogP contribution in [0.4, 0.5) is 5.82 Å². The lowest BCUT2D eigenvalue weighted by Gasteiger charge is -2.21. The average Bonchev–Trinajstić information content (AvgIpc) is 3.60. The minimum atomic E-state index is -5.44. The van der Waals surface area contributed by atoms with Gasteiger partial charge in [-0.2, -0.15) is 9.29 Å². The highest BCUT2D eigenvalue weighted by molar-refractivity contribution is 7.61. The maximum absolute atomic E-state index is 12.9. The van der Waals surface area contributed by atoms with Gasteiger partial charge in [-0.05, 0) is 63.4 Å². The first-order chi connectivity index (χ1) is 34.4. The van der Waals surface area contributed by atoms with Crippen molar-refractivity contribution in [1.82, 2.24) is 9.55 Å². The molecule has 19 nitrogen and oxygen atoms in total. The topological polar surface area (TPSA) is 286 Å². The Kier molecular flexibility index (Phi) is 34.4. The van der Waals surface area contributed by atoms with Crippen molar-refractivity contribution in [2.24, 2.45) is 5.92 Å². The lowest BCUT2D eigenvalue weighted by Crippen LogP contribution is -2.36. The summed E-state index contributed by atoms with van der Waals surface area (Å²) in [6.45, 7) is 4.22. The van der Waals surface area contributed by atoms with Gasteiger partial charge in [0.25, 0.3) is 0 Å². The predicted octanol–water partition coefficient (Wildman–Crippen LogP) is 9.77. The Bertz CT molecular complexity index is 1930. The van der Waals surface area contributed by atoms with Crippen molar-refractivity contribution in [2.45, 2.75) is 212 Å². The van der Waals surface area contributed by atoms with Crippen molar-refractivity contribution in [1.29, 1.82) is 0 Å². The number of aliphatic hydroxyl groups is 3. The van der Waals surface area contributed by atoms with Gasteiger partial charge in [-0.1, -0.05) is 159 Å². The van der Waals surface area contributed by atoms with Crippen LogP contribution in [0.3, 0.4) is 0 Å². The molecule has 0 spiro atoms. The van der Waals surface area contributed by atoms with Crippen LogP contribution in [0.1, 0.15) is 181 Å². The molecule has 412 valence electrons. The number of nitrogens with two attached hydrogens (primary N) is 1. The number of carbonyl (C=O) groups is 2. The quantitative estimate of drug-likeness (QED) is 0.0154. The third-order valence-corrected chi connectivity index (χ3v) is 14.3. The molecule has 0 aliphatic carbocycles. The van der Waals surface area contributed by atoms with E-state index < -0.39 is 83.7 Å². The highest BCUT2D eigenvalue weighted by Gasteiger charge is 2.46. The number of nitrogen functional groups attached to an aromatic ring is 1.